The van der Waals surface area contributed by atoms with Crippen molar-refractivity contribution in [1.29, 1.82) is 0 Å². The normalized spacial score (nSPS) is 13.4. The fourth-order valence-corrected chi connectivity index (χ4v) is 1.66. The maximum atomic E-state index is 11.7. The van der Waals surface area contributed by atoms with Gasteiger partial charge in [-0.2, -0.15) is 0 Å². The maximum Gasteiger partial charge on any atom is 0.326 e. The van der Waals surface area contributed by atoms with Crippen molar-refractivity contribution < 1.29 is 14.7 Å². The van der Waals surface area contributed by atoms with E-state index in [1.54, 1.807) is 18.5 Å². The summed E-state index contributed by atoms with van der Waals surface area (Å²) in [5.74, 6) is -1.02. The van der Waals surface area contributed by atoms with E-state index in [9.17, 15) is 9.59 Å². The molecule has 0 saturated carbocycles. The lowest BCUT2D eigenvalue weighted by Crippen LogP contribution is -2.46. The third-order valence-corrected chi connectivity index (χ3v) is 2.71. The van der Waals surface area contributed by atoms with Gasteiger partial charge in [0, 0.05) is 12.4 Å². The second kappa shape index (κ2) is 7.35. The number of urea groups is 1. The van der Waals surface area contributed by atoms with Crippen LogP contribution in [0.1, 0.15) is 38.3 Å². The highest BCUT2D eigenvalue weighted by molar-refractivity contribution is 5.82. The van der Waals surface area contributed by atoms with Gasteiger partial charge in [0.1, 0.15) is 6.04 Å². The van der Waals surface area contributed by atoms with Gasteiger partial charge < -0.3 is 15.7 Å². The van der Waals surface area contributed by atoms with E-state index in [1.807, 2.05) is 19.9 Å². The second-order valence-corrected chi connectivity index (χ2v) is 4.31. The Hall–Kier alpha value is -2.11. The number of aliphatic carboxylic acids is 1. The molecule has 3 N–H and O–H groups in total. The minimum absolute atomic E-state index is 0.232. The number of hydrogen-bond donors (Lipinski definition) is 3. The predicted molar refractivity (Wildman–Crippen MR) is 70.7 cm³/mol. The number of carbonyl (C=O) groups is 2. The molecule has 104 valence electrons. The molecule has 1 rings (SSSR count). The van der Waals surface area contributed by atoms with E-state index >= 15 is 0 Å². The van der Waals surface area contributed by atoms with Crippen LogP contribution in [0.25, 0.3) is 0 Å². The number of rotatable bonds is 6. The Bertz CT molecular complexity index is 422. The van der Waals surface area contributed by atoms with Crippen molar-refractivity contribution in [2.24, 2.45) is 0 Å². The molecule has 6 heteroatoms. The topological polar surface area (TPSA) is 91.3 Å². The average molecular weight is 265 g/mol. The molecule has 6 nitrogen and oxygen atoms in total. The molecule has 0 aromatic carbocycles. The highest BCUT2D eigenvalue weighted by atomic mass is 16.4. The highest BCUT2D eigenvalue weighted by Gasteiger charge is 2.19. The molecule has 2 amide bonds. The largest absolute Gasteiger partial charge is 0.480 e. The minimum Gasteiger partial charge on any atom is -0.480 e. The number of hydrogen-bond acceptors (Lipinski definition) is 3. The van der Waals surface area contributed by atoms with E-state index in [2.05, 4.69) is 15.6 Å². The summed E-state index contributed by atoms with van der Waals surface area (Å²) in [5, 5.41) is 14.1. The van der Waals surface area contributed by atoms with Gasteiger partial charge in [-0.05, 0) is 25.0 Å². The van der Waals surface area contributed by atoms with Crippen molar-refractivity contribution in [3.05, 3.63) is 30.1 Å². The van der Waals surface area contributed by atoms with Gasteiger partial charge in [0.2, 0.25) is 0 Å². The van der Waals surface area contributed by atoms with Crippen LogP contribution in [0.3, 0.4) is 0 Å². The van der Waals surface area contributed by atoms with Crippen molar-refractivity contribution >= 4 is 12.0 Å². The molecule has 0 spiro atoms. The van der Waals surface area contributed by atoms with Crippen LogP contribution >= 0.6 is 0 Å². The van der Waals surface area contributed by atoms with Crippen molar-refractivity contribution in [3.8, 4) is 0 Å². The fourth-order valence-electron chi connectivity index (χ4n) is 1.66. The zero-order valence-electron chi connectivity index (χ0n) is 11.1. The van der Waals surface area contributed by atoms with Gasteiger partial charge in [-0.25, -0.2) is 9.59 Å². The van der Waals surface area contributed by atoms with Crippen molar-refractivity contribution in [1.82, 2.24) is 15.6 Å². The van der Waals surface area contributed by atoms with Gasteiger partial charge in [-0.3, -0.25) is 4.98 Å². The van der Waals surface area contributed by atoms with Gasteiger partial charge >= 0.3 is 12.0 Å². The third kappa shape index (κ3) is 4.95. The van der Waals surface area contributed by atoms with Gasteiger partial charge in [0.05, 0.1) is 6.04 Å². The zero-order valence-corrected chi connectivity index (χ0v) is 11.1. The summed E-state index contributed by atoms with van der Waals surface area (Å²) in [4.78, 5) is 26.6. The molecule has 1 unspecified atom stereocenters. The van der Waals surface area contributed by atoms with Crippen LogP contribution in [0.4, 0.5) is 4.79 Å². The first-order valence-electron chi connectivity index (χ1n) is 6.24. The summed E-state index contributed by atoms with van der Waals surface area (Å²) in [6, 6.07) is 2.05. The average Bonchev–Trinajstić information content (AvgIpc) is 2.39. The van der Waals surface area contributed by atoms with Gasteiger partial charge in [-0.15, -0.1) is 0 Å². The number of nitrogens with one attached hydrogen (secondary N) is 2. The van der Waals surface area contributed by atoms with E-state index in [-0.39, 0.29) is 6.04 Å². The molecule has 0 fully saturated rings. The lowest BCUT2D eigenvalue weighted by molar-refractivity contribution is -0.139. The molecular weight excluding hydrogens is 246 g/mol. The fraction of sp³-hybridized carbons (Fsp3) is 0.462. The number of aromatic nitrogens is 1. The van der Waals surface area contributed by atoms with E-state index in [0.29, 0.717) is 12.8 Å². The number of amides is 2. The molecule has 0 aliphatic heterocycles. The van der Waals surface area contributed by atoms with Crippen molar-refractivity contribution in [3.63, 3.8) is 0 Å². The Morgan fingerprint density at radius 1 is 1.42 bits per heavy atom. The van der Waals surface area contributed by atoms with E-state index in [1.165, 1.54) is 0 Å². The molecule has 0 radical (unpaired) electrons. The Labute approximate surface area is 112 Å². The van der Waals surface area contributed by atoms with Crippen LogP contribution in [0, 0.1) is 0 Å². The Balaban J connectivity index is 2.52. The maximum absolute atomic E-state index is 11.7. The molecule has 1 aromatic rings. The molecule has 1 aromatic heterocycles. The number of carboxylic acid groups (broad SMARTS) is 1. The van der Waals surface area contributed by atoms with Crippen LogP contribution in [0.15, 0.2) is 24.5 Å². The Morgan fingerprint density at radius 2 is 2.16 bits per heavy atom. The van der Waals surface area contributed by atoms with E-state index < -0.39 is 18.0 Å². The van der Waals surface area contributed by atoms with Crippen molar-refractivity contribution in [2.75, 3.05) is 0 Å². The molecule has 2 atom stereocenters. The summed E-state index contributed by atoms with van der Waals surface area (Å²) in [7, 11) is 0. The third-order valence-electron chi connectivity index (χ3n) is 2.71. The number of pyridine rings is 1. The zero-order chi connectivity index (χ0) is 14.3. The molecule has 0 saturated heterocycles. The number of carboxylic acids is 1. The molecule has 0 aliphatic rings. The van der Waals surface area contributed by atoms with E-state index in [4.69, 9.17) is 5.11 Å². The van der Waals surface area contributed by atoms with Gasteiger partial charge in [-0.1, -0.05) is 19.4 Å². The van der Waals surface area contributed by atoms with Crippen molar-refractivity contribution in [2.45, 2.75) is 38.8 Å². The lowest BCUT2D eigenvalue weighted by Gasteiger charge is -2.18. The van der Waals surface area contributed by atoms with E-state index in [0.717, 1.165) is 5.56 Å². The lowest BCUT2D eigenvalue weighted by atomic mass is 10.1. The smallest absolute Gasteiger partial charge is 0.326 e. The summed E-state index contributed by atoms with van der Waals surface area (Å²) in [6.07, 6.45) is 4.41. The molecule has 0 bridgehead atoms. The van der Waals surface area contributed by atoms with Crippen LogP contribution in [-0.2, 0) is 4.79 Å². The van der Waals surface area contributed by atoms with Gasteiger partial charge in [0.15, 0.2) is 0 Å². The second-order valence-electron chi connectivity index (χ2n) is 4.31. The molecule has 19 heavy (non-hydrogen) atoms. The molecule has 1 heterocycles. The Kier molecular flexibility index (Phi) is 5.78. The molecule has 0 aliphatic carbocycles. The first-order valence-corrected chi connectivity index (χ1v) is 6.24. The van der Waals surface area contributed by atoms with Crippen LogP contribution in [0.2, 0.25) is 0 Å². The number of nitrogens with zero attached hydrogens (tertiary/aromatic N) is 1. The van der Waals surface area contributed by atoms with Crippen LogP contribution < -0.4 is 10.6 Å². The van der Waals surface area contributed by atoms with Gasteiger partial charge in [0.25, 0.3) is 0 Å². The highest BCUT2D eigenvalue weighted by Crippen LogP contribution is 2.09. The summed E-state index contributed by atoms with van der Waals surface area (Å²) in [5.41, 5.74) is 0.861. The summed E-state index contributed by atoms with van der Waals surface area (Å²) in [6.45, 7) is 3.68. The first-order chi connectivity index (χ1) is 9.04. The standard InChI is InChI=1S/C13H19N3O3/c1-3-5-11(12(17)18)16-13(19)15-9(2)10-6-4-7-14-8-10/h4,6-9,11H,3,5H2,1-2H3,(H,17,18)(H2,15,16,19)/t9?,11-/m1/s1. The first kappa shape index (κ1) is 14.9. The summed E-state index contributed by atoms with van der Waals surface area (Å²) < 4.78 is 0. The quantitative estimate of drug-likeness (QED) is 0.730. The van der Waals surface area contributed by atoms with Crippen LogP contribution in [-0.4, -0.2) is 28.1 Å². The predicted octanol–water partition coefficient (Wildman–Crippen LogP) is 1.70. The monoisotopic (exact) mass is 265 g/mol. The Morgan fingerprint density at radius 3 is 2.68 bits per heavy atom. The SMILES string of the molecule is CCC[C@@H](NC(=O)NC(C)c1cccnc1)C(=O)O. The summed E-state index contributed by atoms with van der Waals surface area (Å²) >= 11 is 0. The van der Waals surface area contributed by atoms with Crippen LogP contribution in [0.5, 0.6) is 0 Å². The molecular formula is C13H19N3O3. The minimum atomic E-state index is -1.02. The number of carbonyl (C=O) groups excluding carboxylic acids is 1.